The van der Waals surface area contributed by atoms with Gasteiger partial charge in [0, 0.05) is 19.4 Å². The summed E-state index contributed by atoms with van der Waals surface area (Å²) in [6, 6.07) is 8.64. The largest absolute Gasteiger partial charge is 0.299 e. The first-order valence-corrected chi connectivity index (χ1v) is 7.65. The van der Waals surface area contributed by atoms with Gasteiger partial charge in [-0.15, -0.1) is 0 Å². The third-order valence-electron chi connectivity index (χ3n) is 4.79. The lowest BCUT2D eigenvalue weighted by atomic mass is 9.71. The van der Waals surface area contributed by atoms with Gasteiger partial charge in [0.25, 0.3) is 0 Å². The number of nitrogens with one attached hydrogen (secondary N) is 1. The first-order valence-electron chi connectivity index (χ1n) is 7.65. The maximum absolute atomic E-state index is 11.6. The molecule has 112 valence electrons. The van der Waals surface area contributed by atoms with Crippen LogP contribution in [0, 0.1) is 12.3 Å². The zero-order valence-corrected chi connectivity index (χ0v) is 12.5. The summed E-state index contributed by atoms with van der Waals surface area (Å²) < 4.78 is 0. The zero-order valence-electron chi connectivity index (χ0n) is 12.5. The SMILES string of the molecule is Cc1ccc(CN2CCC3(CC2)CC(=O)NC(=O)C3)cc1. The fraction of sp³-hybridized carbons (Fsp3) is 0.529. The molecule has 0 saturated carbocycles. The number of piperidine rings is 2. The van der Waals surface area contributed by atoms with Crippen LogP contribution in [0.1, 0.15) is 36.8 Å². The van der Waals surface area contributed by atoms with Crippen LogP contribution >= 0.6 is 0 Å². The van der Waals surface area contributed by atoms with Crippen LogP contribution in [0.15, 0.2) is 24.3 Å². The Balaban J connectivity index is 1.58. The molecule has 2 fully saturated rings. The first-order chi connectivity index (χ1) is 10.0. The normalized spacial score (nSPS) is 22.3. The molecule has 0 radical (unpaired) electrons. The molecule has 2 heterocycles. The van der Waals surface area contributed by atoms with E-state index in [0.29, 0.717) is 12.8 Å². The second kappa shape index (κ2) is 5.60. The number of aryl methyl sites for hydroxylation is 1. The molecule has 0 aliphatic carbocycles. The Hall–Kier alpha value is -1.68. The van der Waals surface area contributed by atoms with Crippen molar-refractivity contribution >= 4 is 11.8 Å². The van der Waals surface area contributed by atoms with Crippen LogP contribution in [0.5, 0.6) is 0 Å². The molecule has 4 nitrogen and oxygen atoms in total. The number of imide groups is 1. The predicted octanol–water partition coefficient (Wildman–Crippen LogP) is 2.01. The Bertz CT molecular complexity index is 524. The van der Waals surface area contributed by atoms with Crippen molar-refractivity contribution in [3.8, 4) is 0 Å². The molecule has 1 N–H and O–H groups in total. The molecule has 2 aliphatic rings. The van der Waals surface area contributed by atoms with Gasteiger partial charge < -0.3 is 0 Å². The maximum Gasteiger partial charge on any atom is 0.227 e. The highest BCUT2D eigenvalue weighted by Gasteiger charge is 2.41. The van der Waals surface area contributed by atoms with E-state index in [0.717, 1.165) is 32.5 Å². The van der Waals surface area contributed by atoms with Crippen molar-refractivity contribution in [1.82, 2.24) is 10.2 Å². The molecule has 1 aromatic carbocycles. The van der Waals surface area contributed by atoms with Gasteiger partial charge >= 0.3 is 0 Å². The average molecular weight is 286 g/mol. The maximum atomic E-state index is 11.6. The Morgan fingerprint density at radius 3 is 2.19 bits per heavy atom. The summed E-state index contributed by atoms with van der Waals surface area (Å²) >= 11 is 0. The summed E-state index contributed by atoms with van der Waals surface area (Å²) in [5, 5.41) is 2.42. The van der Waals surface area contributed by atoms with Crippen molar-refractivity contribution in [2.45, 2.75) is 39.2 Å². The van der Waals surface area contributed by atoms with Gasteiger partial charge in [0.1, 0.15) is 0 Å². The predicted molar refractivity (Wildman–Crippen MR) is 80.5 cm³/mol. The fourth-order valence-corrected chi connectivity index (χ4v) is 3.48. The van der Waals surface area contributed by atoms with Crippen molar-refractivity contribution in [2.75, 3.05) is 13.1 Å². The van der Waals surface area contributed by atoms with Crippen LogP contribution in [0.2, 0.25) is 0 Å². The summed E-state index contributed by atoms with van der Waals surface area (Å²) in [6.45, 7) is 4.99. The van der Waals surface area contributed by atoms with Crippen molar-refractivity contribution in [1.29, 1.82) is 0 Å². The number of rotatable bonds is 2. The summed E-state index contributed by atoms with van der Waals surface area (Å²) in [5.74, 6) is -0.198. The van der Waals surface area contributed by atoms with Gasteiger partial charge in [0.2, 0.25) is 11.8 Å². The van der Waals surface area contributed by atoms with E-state index in [9.17, 15) is 9.59 Å². The van der Waals surface area contributed by atoms with Crippen molar-refractivity contribution in [3.63, 3.8) is 0 Å². The minimum Gasteiger partial charge on any atom is -0.299 e. The smallest absolute Gasteiger partial charge is 0.227 e. The second-order valence-electron chi connectivity index (χ2n) is 6.59. The van der Waals surface area contributed by atoms with Gasteiger partial charge in [0.15, 0.2) is 0 Å². The molecule has 1 aromatic rings. The molecule has 2 aliphatic heterocycles. The minimum atomic E-state index is -0.0989. The van der Waals surface area contributed by atoms with Crippen LogP contribution in [-0.4, -0.2) is 29.8 Å². The standard InChI is InChI=1S/C17H22N2O2/c1-13-2-4-14(5-3-13)12-19-8-6-17(7-9-19)10-15(20)18-16(21)11-17/h2-5H,6-12H2,1H3,(H,18,20,21). The van der Waals surface area contributed by atoms with Gasteiger partial charge in [0.05, 0.1) is 0 Å². The lowest BCUT2D eigenvalue weighted by Crippen LogP contribution is -2.49. The Labute approximate surface area is 125 Å². The monoisotopic (exact) mass is 286 g/mol. The molecule has 0 atom stereocenters. The third-order valence-corrected chi connectivity index (χ3v) is 4.79. The Kier molecular flexibility index (Phi) is 3.81. The number of hydrogen-bond donors (Lipinski definition) is 1. The number of hydrogen-bond acceptors (Lipinski definition) is 3. The van der Waals surface area contributed by atoms with Crippen molar-refractivity contribution < 1.29 is 9.59 Å². The van der Waals surface area contributed by atoms with Gasteiger partial charge in [-0.25, -0.2) is 0 Å². The highest BCUT2D eigenvalue weighted by atomic mass is 16.2. The average Bonchev–Trinajstić information content (AvgIpc) is 2.43. The van der Waals surface area contributed by atoms with Crippen LogP contribution in [0.3, 0.4) is 0 Å². The molecule has 0 unspecified atom stereocenters. The molecular weight excluding hydrogens is 264 g/mol. The lowest BCUT2D eigenvalue weighted by Gasteiger charge is -2.43. The summed E-state index contributed by atoms with van der Waals surface area (Å²) in [4.78, 5) is 25.6. The van der Waals surface area contributed by atoms with Crippen molar-refractivity contribution in [2.24, 2.45) is 5.41 Å². The minimum absolute atomic E-state index is 0.0802. The van der Waals surface area contributed by atoms with Gasteiger partial charge in [-0.2, -0.15) is 0 Å². The fourth-order valence-electron chi connectivity index (χ4n) is 3.48. The van der Waals surface area contributed by atoms with E-state index in [1.807, 2.05) is 0 Å². The quantitative estimate of drug-likeness (QED) is 0.846. The van der Waals surface area contributed by atoms with E-state index in [2.05, 4.69) is 41.4 Å². The number of amides is 2. The topological polar surface area (TPSA) is 49.4 Å². The number of carbonyl (C=O) groups excluding carboxylic acids is 2. The molecule has 21 heavy (non-hydrogen) atoms. The molecular formula is C17H22N2O2. The van der Waals surface area contributed by atoms with Gasteiger partial charge in [-0.1, -0.05) is 29.8 Å². The summed E-state index contributed by atoms with van der Waals surface area (Å²) in [5.41, 5.74) is 2.53. The Morgan fingerprint density at radius 1 is 1.05 bits per heavy atom. The van der Waals surface area contributed by atoms with E-state index < -0.39 is 0 Å². The molecule has 1 spiro atoms. The number of nitrogens with zero attached hydrogens (tertiary/aromatic N) is 1. The molecule has 2 saturated heterocycles. The summed E-state index contributed by atoms with van der Waals surface area (Å²) in [6.07, 6.45) is 2.91. The lowest BCUT2D eigenvalue weighted by molar-refractivity contribution is -0.139. The van der Waals surface area contributed by atoms with Crippen molar-refractivity contribution in [3.05, 3.63) is 35.4 Å². The van der Waals surface area contributed by atoms with Crippen LogP contribution in [0.4, 0.5) is 0 Å². The van der Waals surface area contributed by atoms with Gasteiger partial charge in [-0.05, 0) is 43.8 Å². The van der Waals surface area contributed by atoms with Crippen LogP contribution < -0.4 is 5.32 Å². The molecule has 0 aromatic heterocycles. The number of likely N-dealkylation sites (tertiary alicyclic amines) is 1. The second-order valence-corrected chi connectivity index (χ2v) is 6.59. The van der Waals surface area contributed by atoms with Gasteiger partial charge in [-0.3, -0.25) is 19.8 Å². The molecule has 3 rings (SSSR count). The number of benzene rings is 1. The van der Waals surface area contributed by atoms with E-state index in [4.69, 9.17) is 0 Å². The van der Waals surface area contributed by atoms with Crippen LogP contribution in [0.25, 0.3) is 0 Å². The molecule has 4 heteroatoms. The summed E-state index contributed by atoms with van der Waals surface area (Å²) in [7, 11) is 0. The van der Waals surface area contributed by atoms with E-state index in [-0.39, 0.29) is 17.2 Å². The number of carbonyl (C=O) groups is 2. The Morgan fingerprint density at radius 2 is 1.62 bits per heavy atom. The van der Waals surface area contributed by atoms with Crippen LogP contribution in [-0.2, 0) is 16.1 Å². The van der Waals surface area contributed by atoms with E-state index in [1.54, 1.807) is 0 Å². The van der Waals surface area contributed by atoms with E-state index in [1.165, 1.54) is 11.1 Å². The zero-order chi connectivity index (χ0) is 14.9. The first kappa shape index (κ1) is 14.3. The molecule has 2 amide bonds. The highest BCUT2D eigenvalue weighted by molar-refractivity contribution is 5.98. The van der Waals surface area contributed by atoms with E-state index >= 15 is 0 Å². The third kappa shape index (κ3) is 3.32. The highest BCUT2D eigenvalue weighted by Crippen LogP contribution is 2.40. The molecule has 0 bridgehead atoms.